The van der Waals surface area contributed by atoms with E-state index < -0.39 is 54.3 Å². The average molecular weight is 628 g/mol. The van der Waals surface area contributed by atoms with Crippen molar-refractivity contribution in [3.8, 4) is 5.75 Å². The molecule has 1 aliphatic heterocycles. The minimum absolute atomic E-state index is 0.0798. The average Bonchev–Trinajstić information content (AvgIpc) is 2.93. The highest BCUT2D eigenvalue weighted by atomic mass is 19.3. The Bertz CT molecular complexity index is 1370. The summed E-state index contributed by atoms with van der Waals surface area (Å²) in [6, 6.07) is 8.15. The largest absolute Gasteiger partial charge is 0.540 e. The van der Waals surface area contributed by atoms with Crippen LogP contribution in [-0.2, 0) is 22.2 Å². The lowest BCUT2D eigenvalue weighted by atomic mass is 9.71. The second-order valence-electron chi connectivity index (χ2n) is 12.0. The summed E-state index contributed by atoms with van der Waals surface area (Å²) in [5, 5.41) is 13.4. The van der Waals surface area contributed by atoms with Gasteiger partial charge in [0.25, 0.3) is 5.91 Å². The molecule has 2 aromatic carbocycles. The number of nitrogens with one attached hydrogen (secondary N) is 2. The summed E-state index contributed by atoms with van der Waals surface area (Å²) < 4.78 is 76.5. The number of ether oxygens (including phenoxy) is 2. The second-order valence-corrected chi connectivity index (χ2v) is 12.0. The van der Waals surface area contributed by atoms with Gasteiger partial charge in [0.1, 0.15) is 5.75 Å². The molecule has 1 unspecified atom stereocenters. The maximum absolute atomic E-state index is 14.3. The van der Waals surface area contributed by atoms with Crippen LogP contribution in [0, 0.1) is 11.3 Å². The van der Waals surface area contributed by atoms with E-state index in [9.17, 15) is 36.3 Å². The number of hydrogen-bond donors (Lipinski definition) is 3. The van der Waals surface area contributed by atoms with Crippen LogP contribution in [0.3, 0.4) is 0 Å². The maximum Gasteiger partial charge on any atom is 0.540 e. The predicted molar refractivity (Wildman–Crippen MR) is 148 cm³/mol. The van der Waals surface area contributed by atoms with Gasteiger partial charge in [0, 0.05) is 23.8 Å². The Hall–Kier alpha value is -3.94. The van der Waals surface area contributed by atoms with Crippen LogP contribution in [0.1, 0.15) is 67.9 Å². The normalized spacial score (nSPS) is 21.3. The predicted octanol–water partition coefficient (Wildman–Crippen LogP) is 6.49. The van der Waals surface area contributed by atoms with Gasteiger partial charge in [-0.05, 0) is 72.9 Å². The number of nitrogens with zero attached hydrogens (tertiary/aromatic N) is 1. The van der Waals surface area contributed by atoms with Gasteiger partial charge >= 0.3 is 24.4 Å². The summed E-state index contributed by atoms with van der Waals surface area (Å²) in [7, 11) is 0. The van der Waals surface area contributed by atoms with Gasteiger partial charge in [-0.15, -0.1) is 8.78 Å². The molecule has 2 aromatic rings. The van der Waals surface area contributed by atoms with Crippen LogP contribution < -0.4 is 15.4 Å². The van der Waals surface area contributed by atoms with Crippen molar-refractivity contribution in [2.75, 3.05) is 11.9 Å². The Labute approximate surface area is 250 Å². The zero-order valence-electron chi connectivity index (χ0n) is 24.3. The smallest absolute Gasteiger partial charge is 0.479 e. The van der Waals surface area contributed by atoms with Crippen molar-refractivity contribution in [2.45, 2.75) is 77.6 Å². The lowest BCUT2D eigenvalue weighted by molar-refractivity contribution is -0.461. The first-order valence-corrected chi connectivity index (χ1v) is 14.1. The number of fused-ring (bicyclic) bond motifs is 1. The molecule has 9 nitrogen and oxygen atoms in total. The van der Waals surface area contributed by atoms with Crippen molar-refractivity contribution in [3.05, 3.63) is 59.2 Å². The molecule has 0 saturated heterocycles. The van der Waals surface area contributed by atoms with Crippen molar-refractivity contribution in [3.63, 3.8) is 0 Å². The quantitative estimate of drug-likeness (QED) is 0.288. The first-order chi connectivity index (χ1) is 20.4. The number of benzene rings is 2. The topological polar surface area (TPSA) is 117 Å². The molecule has 14 heteroatoms. The summed E-state index contributed by atoms with van der Waals surface area (Å²) in [5.41, 5.74) is -0.188. The van der Waals surface area contributed by atoms with E-state index in [4.69, 9.17) is 5.11 Å². The van der Waals surface area contributed by atoms with E-state index in [2.05, 4.69) is 40.9 Å². The van der Waals surface area contributed by atoms with Crippen molar-refractivity contribution >= 4 is 23.6 Å². The molecule has 0 radical (unpaired) electrons. The van der Waals surface area contributed by atoms with E-state index in [1.807, 2.05) is 0 Å². The van der Waals surface area contributed by atoms with Crippen molar-refractivity contribution in [2.24, 2.45) is 11.3 Å². The van der Waals surface area contributed by atoms with Gasteiger partial charge in [-0.25, -0.2) is 18.7 Å². The van der Waals surface area contributed by atoms with Crippen LogP contribution in [0.2, 0.25) is 0 Å². The van der Waals surface area contributed by atoms with Crippen LogP contribution in [0.15, 0.2) is 42.5 Å². The Morgan fingerprint density at radius 3 is 2.25 bits per heavy atom. The minimum atomic E-state index is -4.52. The molecule has 0 bridgehead atoms. The van der Waals surface area contributed by atoms with E-state index in [1.165, 1.54) is 18.2 Å². The number of alkyl halides is 5. The molecule has 1 heterocycles. The molecule has 1 aliphatic carbocycles. The van der Waals surface area contributed by atoms with Crippen molar-refractivity contribution < 1.29 is 50.9 Å². The molecule has 3 amide bonds. The molecule has 1 fully saturated rings. The molecule has 1 saturated carbocycles. The Kier molecular flexibility index (Phi) is 9.43. The maximum atomic E-state index is 14.3. The molecule has 44 heavy (non-hydrogen) atoms. The number of anilines is 1. The third-order valence-corrected chi connectivity index (χ3v) is 7.92. The molecule has 4 rings (SSSR count). The molecule has 0 spiro atoms. The van der Waals surface area contributed by atoms with Crippen LogP contribution in [0.25, 0.3) is 0 Å². The zero-order chi connectivity index (χ0) is 32.4. The highest BCUT2D eigenvalue weighted by Gasteiger charge is 2.54. The van der Waals surface area contributed by atoms with Crippen molar-refractivity contribution in [1.82, 2.24) is 10.2 Å². The van der Waals surface area contributed by atoms with Gasteiger partial charge in [-0.3, -0.25) is 4.79 Å². The fraction of sp³-hybridized carbons (Fsp3) is 0.500. The molecular formula is C30H34F5N3O6. The van der Waals surface area contributed by atoms with Crippen LogP contribution in [0.5, 0.6) is 5.75 Å². The first kappa shape index (κ1) is 33.0. The van der Waals surface area contributed by atoms with Gasteiger partial charge in [0.05, 0.1) is 12.1 Å². The lowest BCUT2D eigenvalue weighted by Crippen LogP contribution is -2.45. The number of aliphatic carboxylic acids is 1. The van der Waals surface area contributed by atoms with E-state index in [0.29, 0.717) is 24.3 Å². The number of carboxylic acids is 1. The first-order valence-electron chi connectivity index (χ1n) is 14.1. The highest BCUT2D eigenvalue weighted by Crippen LogP contribution is 2.47. The summed E-state index contributed by atoms with van der Waals surface area (Å²) in [4.78, 5) is 38.1. The molecule has 240 valence electrons. The van der Waals surface area contributed by atoms with E-state index >= 15 is 0 Å². The zero-order valence-corrected chi connectivity index (χ0v) is 24.3. The Balaban J connectivity index is 1.52. The van der Waals surface area contributed by atoms with Gasteiger partial charge in [-0.2, -0.15) is 8.78 Å². The third-order valence-electron chi connectivity index (χ3n) is 7.92. The van der Waals surface area contributed by atoms with Gasteiger partial charge in [0.2, 0.25) is 6.17 Å². The molecule has 3 N–H and O–H groups in total. The monoisotopic (exact) mass is 627 g/mol. The second kappa shape index (κ2) is 12.6. The van der Waals surface area contributed by atoms with E-state index in [-0.39, 0.29) is 29.3 Å². The van der Waals surface area contributed by atoms with Crippen molar-refractivity contribution in [1.29, 1.82) is 0 Å². The van der Waals surface area contributed by atoms with E-state index in [0.717, 1.165) is 25.0 Å². The summed E-state index contributed by atoms with van der Waals surface area (Å²) in [5.74, 6) is -2.71. The highest BCUT2D eigenvalue weighted by molar-refractivity contribution is 5.94. The summed E-state index contributed by atoms with van der Waals surface area (Å²) in [6.45, 7) is 5.86. The number of hydrogen-bond acceptors (Lipinski definition) is 5. The van der Waals surface area contributed by atoms with E-state index in [1.54, 1.807) is 17.0 Å². The standard InChI is InChI=1S/C30H34F5N3O6/c1-28(2,3)19-8-11-21(12-9-19)38(16-17-4-6-18(7-5-17)25(39)36-15-23(31)26(40)41)27(42)37-20-10-13-24-22(14-20)29(32,33)44-30(34,35)43-24/h4-7,10,13-14,19,21,23H,8-9,11-12,15-16H2,1-3H3,(H,36,39)(H,37,42)(H,40,41). The summed E-state index contributed by atoms with van der Waals surface area (Å²) in [6.07, 6.45) is -8.05. The number of carbonyl (C=O) groups is 3. The van der Waals surface area contributed by atoms with Crippen LogP contribution in [-0.4, -0.2) is 53.0 Å². The molecule has 0 aromatic heterocycles. The van der Waals surface area contributed by atoms with Gasteiger partial charge in [0.15, 0.2) is 0 Å². The molecule has 2 aliphatic rings. The number of rotatable bonds is 8. The molecule has 1 atom stereocenters. The van der Waals surface area contributed by atoms with Gasteiger partial charge in [-0.1, -0.05) is 32.9 Å². The number of amides is 3. The number of urea groups is 1. The fourth-order valence-electron chi connectivity index (χ4n) is 5.42. The lowest BCUT2D eigenvalue weighted by Gasteiger charge is -2.41. The van der Waals surface area contributed by atoms with Crippen LogP contribution in [0.4, 0.5) is 32.4 Å². The van der Waals surface area contributed by atoms with Gasteiger partial charge < -0.3 is 25.4 Å². The number of halogens is 5. The number of carbonyl (C=O) groups excluding carboxylic acids is 2. The Morgan fingerprint density at radius 2 is 1.66 bits per heavy atom. The third kappa shape index (κ3) is 7.96. The summed E-state index contributed by atoms with van der Waals surface area (Å²) >= 11 is 0. The van der Waals surface area contributed by atoms with Crippen LogP contribution >= 0.6 is 0 Å². The molecular weight excluding hydrogens is 593 g/mol. The minimum Gasteiger partial charge on any atom is -0.479 e. The fourth-order valence-corrected chi connectivity index (χ4v) is 5.42. The Morgan fingerprint density at radius 1 is 1.02 bits per heavy atom. The number of carboxylic acid groups (broad SMARTS) is 1. The SMILES string of the molecule is CC(C)(C)C1CCC(N(Cc2ccc(C(=O)NCC(F)C(=O)O)cc2)C(=O)Nc2ccc3c(c2)C(F)(F)OC(F)(F)O3)CC1.